The Hall–Kier alpha value is -0.460. The van der Waals surface area contributed by atoms with Crippen molar-refractivity contribution in [2.75, 3.05) is 0 Å². The van der Waals surface area contributed by atoms with Crippen LogP contribution in [-0.2, 0) is 0 Å². The van der Waals surface area contributed by atoms with E-state index >= 15 is 0 Å². The van der Waals surface area contributed by atoms with Gasteiger partial charge in [0, 0.05) is 0 Å². The van der Waals surface area contributed by atoms with E-state index in [4.69, 9.17) is 23.2 Å². The van der Waals surface area contributed by atoms with Crippen LogP contribution < -0.4 is 0 Å². The van der Waals surface area contributed by atoms with Crippen LogP contribution in [0.2, 0.25) is 0 Å². The van der Waals surface area contributed by atoms with Crippen LogP contribution in [0.1, 0.15) is 12.8 Å². The molecule has 0 fully saturated rings. The molecule has 2 aliphatic carbocycles. The second kappa shape index (κ2) is 3.60. The standard InChI is InChI=1S/C12H12Cl2/c13-11(5-1-2-6-11)9-10-12(14)7-3-4-8-12/h1-8H,9-10H2. The summed E-state index contributed by atoms with van der Waals surface area (Å²) in [5, 5.41) is 0. The van der Waals surface area contributed by atoms with Crippen molar-refractivity contribution in [2.24, 2.45) is 0 Å². The third-order valence-electron chi connectivity index (χ3n) is 2.61. The van der Waals surface area contributed by atoms with Crippen LogP contribution >= 0.6 is 23.2 Å². The minimum Gasteiger partial charge on any atom is -0.110 e. The van der Waals surface area contributed by atoms with Crippen LogP contribution in [0.15, 0.2) is 48.6 Å². The van der Waals surface area contributed by atoms with Gasteiger partial charge < -0.3 is 0 Å². The van der Waals surface area contributed by atoms with Crippen LogP contribution in [0.4, 0.5) is 0 Å². The van der Waals surface area contributed by atoms with Crippen molar-refractivity contribution >= 4 is 23.2 Å². The van der Waals surface area contributed by atoms with E-state index in [9.17, 15) is 0 Å². The van der Waals surface area contributed by atoms with Gasteiger partial charge in [0.15, 0.2) is 0 Å². The number of rotatable bonds is 3. The van der Waals surface area contributed by atoms with Gasteiger partial charge in [-0.1, -0.05) is 48.6 Å². The highest BCUT2D eigenvalue weighted by molar-refractivity contribution is 6.28. The summed E-state index contributed by atoms with van der Waals surface area (Å²) in [6.07, 6.45) is 17.7. The first-order valence-corrected chi connectivity index (χ1v) is 5.50. The Morgan fingerprint density at radius 2 is 0.929 bits per heavy atom. The quantitative estimate of drug-likeness (QED) is 0.640. The molecule has 0 heterocycles. The van der Waals surface area contributed by atoms with Crippen LogP contribution in [0.3, 0.4) is 0 Å². The van der Waals surface area contributed by atoms with Crippen molar-refractivity contribution in [3.63, 3.8) is 0 Å². The van der Waals surface area contributed by atoms with E-state index in [2.05, 4.69) is 0 Å². The molecule has 0 atom stereocenters. The largest absolute Gasteiger partial charge is 0.110 e. The second-order valence-corrected chi connectivity index (χ2v) is 5.20. The minimum absolute atomic E-state index is 0.313. The van der Waals surface area contributed by atoms with Crippen molar-refractivity contribution in [3.05, 3.63) is 48.6 Å². The summed E-state index contributed by atoms with van der Waals surface area (Å²) in [6.45, 7) is 0. The molecule has 2 rings (SSSR count). The molecular formula is C12H12Cl2. The zero-order valence-electron chi connectivity index (χ0n) is 7.79. The monoisotopic (exact) mass is 226 g/mol. The van der Waals surface area contributed by atoms with E-state index in [1.54, 1.807) is 0 Å². The maximum Gasteiger partial charge on any atom is 0.0813 e. The molecule has 0 amide bonds. The smallest absolute Gasteiger partial charge is 0.0813 e. The highest BCUT2D eigenvalue weighted by Gasteiger charge is 2.29. The lowest BCUT2D eigenvalue weighted by Crippen LogP contribution is -2.20. The Morgan fingerprint density at radius 1 is 0.643 bits per heavy atom. The average Bonchev–Trinajstić information content (AvgIpc) is 2.74. The molecule has 0 unspecified atom stereocenters. The molecule has 0 bridgehead atoms. The molecule has 0 saturated carbocycles. The topological polar surface area (TPSA) is 0 Å². The Balaban J connectivity index is 1.94. The van der Waals surface area contributed by atoms with Gasteiger partial charge in [0.2, 0.25) is 0 Å². The number of allylic oxidation sites excluding steroid dienone is 8. The molecule has 0 nitrogen and oxygen atoms in total. The van der Waals surface area contributed by atoms with Gasteiger partial charge >= 0.3 is 0 Å². The van der Waals surface area contributed by atoms with Gasteiger partial charge in [-0.15, -0.1) is 23.2 Å². The normalized spacial score (nSPS) is 25.0. The highest BCUT2D eigenvalue weighted by atomic mass is 35.5. The summed E-state index contributed by atoms with van der Waals surface area (Å²) in [5.74, 6) is 0. The lowest BCUT2D eigenvalue weighted by atomic mass is 9.96. The summed E-state index contributed by atoms with van der Waals surface area (Å²) in [7, 11) is 0. The summed E-state index contributed by atoms with van der Waals surface area (Å²) in [6, 6.07) is 0. The van der Waals surface area contributed by atoms with Crippen molar-refractivity contribution in [3.8, 4) is 0 Å². The van der Waals surface area contributed by atoms with Crippen LogP contribution in [0, 0.1) is 0 Å². The van der Waals surface area contributed by atoms with E-state index in [-0.39, 0.29) is 9.75 Å². The van der Waals surface area contributed by atoms with Crippen molar-refractivity contribution in [1.29, 1.82) is 0 Å². The number of alkyl halides is 2. The Morgan fingerprint density at radius 3 is 1.21 bits per heavy atom. The molecule has 2 aliphatic rings. The fourth-order valence-corrected chi connectivity index (χ4v) is 2.17. The molecule has 0 radical (unpaired) electrons. The number of hydrogen-bond donors (Lipinski definition) is 0. The molecule has 0 spiro atoms. The van der Waals surface area contributed by atoms with Crippen molar-refractivity contribution in [2.45, 2.75) is 22.6 Å². The molecule has 0 aliphatic heterocycles. The van der Waals surface area contributed by atoms with E-state index in [1.807, 2.05) is 48.6 Å². The molecule has 0 aromatic carbocycles. The van der Waals surface area contributed by atoms with Gasteiger partial charge in [-0.2, -0.15) is 0 Å². The fraction of sp³-hybridized carbons (Fsp3) is 0.333. The van der Waals surface area contributed by atoms with E-state index in [0.29, 0.717) is 0 Å². The average molecular weight is 227 g/mol. The van der Waals surface area contributed by atoms with E-state index in [0.717, 1.165) is 12.8 Å². The summed E-state index contributed by atoms with van der Waals surface area (Å²) < 4.78 is 0. The van der Waals surface area contributed by atoms with Gasteiger partial charge in [0.1, 0.15) is 0 Å². The third-order valence-corrected chi connectivity index (χ3v) is 3.49. The molecule has 2 heteroatoms. The maximum absolute atomic E-state index is 6.33. The highest BCUT2D eigenvalue weighted by Crippen LogP contribution is 2.36. The Kier molecular flexibility index (Phi) is 2.59. The lowest BCUT2D eigenvalue weighted by molar-refractivity contribution is 0.645. The van der Waals surface area contributed by atoms with Gasteiger partial charge in [0.05, 0.1) is 9.75 Å². The van der Waals surface area contributed by atoms with Crippen LogP contribution in [0.5, 0.6) is 0 Å². The summed E-state index contributed by atoms with van der Waals surface area (Å²) in [5.41, 5.74) is 0. The molecule has 0 aromatic rings. The Bertz CT molecular complexity index is 276. The van der Waals surface area contributed by atoms with Gasteiger partial charge in [-0.05, 0) is 12.8 Å². The SMILES string of the molecule is ClC1(CCC2(Cl)C=CC=C2)C=CC=C1. The third kappa shape index (κ3) is 2.13. The predicted molar refractivity (Wildman–Crippen MR) is 63.0 cm³/mol. The molecule has 0 N–H and O–H groups in total. The van der Waals surface area contributed by atoms with Crippen molar-refractivity contribution in [1.82, 2.24) is 0 Å². The lowest BCUT2D eigenvalue weighted by Gasteiger charge is -2.22. The molecular weight excluding hydrogens is 215 g/mol. The Labute approximate surface area is 94.6 Å². The fourth-order valence-electron chi connectivity index (χ4n) is 1.69. The van der Waals surface area contributed by atoms with Gasteiger partial charge in [0.25, 0.3) is 0 Å². The summed E-state index contributed by atoms with van der Waals surface area (Å²) in [4.78, 5) is -0.627. The zero-order valence-corrected chi connectivity index (χ0v) is 9.30. The first-order valence-electron chi connectivity index (χ1n) is 4.74. The minimum atomic E-state index is -0.313. The number of hydrogen-bond acceptors (Lipinski definition) is 0. The molecule has 14 heavy (non-hydrogen) atoms. The first-order chi connectivity index (χ1) is 6.62. The van der Waals surface area contributed by atoms with Crippen molar-refractivity contribution < 1.29 is 0 Å². The summed E-state index contributed by atoms with van der Waals surface area (Å²) >= 11 is 12.7. The number of halogens is 2. The van der Waals surface area contributed by atoms with Gasteiger partial charge in [-0.3, -0.25) is 0 Å². The van der Waals surface area contributed by atoms with Crippen LogP contribution in [-0.4, -0.2) is 9.75 Å². The van der Waals surface area contributed by atoms with Crippen LogP contribution in [0.25, 0.3) is 0 Å². The molecule has 0 aromatic heterocycles. The second-order valence-electron chi connectivity index (χ2n) is 3.79. The zero-order chi connectivity index (χ0) is 10.1. The van der Waals surface area contributed by atoms with E-state index in [1.165, 1.54) is 0 Å². The molecule has 0 saturated heterocycles. The maximum atomic E-state index is 6.33. The molecule has 74 valence electrons. The van der Waals surface area contributed by atoms with E-state index < -0.39 is 0 Å². The van der Waals surface area contributed by atoms with Gasteiger partial charge in [-0.25, -0.2) is 0 Å². The first kappa shape index (κ1) is 10.1. The predicted octanol–water partition coefficient (Wildman–Crippen LogP) is 3.97.